The Morgan fingerprint density at radius 1 is 1.14 bits per heavy atom. The highest BCUT2D eigenvalue weighted by atomic mass is 16.2. The van der Waals surface area contributed by atoms with Gasteiger partial charge in [0.25, 0.3) is 0 Å². The van der Waals surface area contributed by atoms with Crippen molar-refractivity contribution in [1.82, 2.24) is 15.3 Å². The molecule has 0 aliphatic carbocycles. The molecule has 2 aromatic rings. The quantitative estimate of drug-likeness (QED) is 0.844. The third kappa shape index (κ3) is 4.55. The minimum Gasteiger partial charge on any atom is -0.357 e. The Hall–Kier alpha value is -2.96. The molecule has 2 saturated heterocycles. The van der Waals surface area contributed by atoms with Crippen molar-refractivity contribution in [2.45, 2.75) is 39.2 Å². The van der Waals surface area contributed by atoms with Gasteiger partial charge in [-0.2, -0.15) is 0 Å². The number of nitrogens with zero attached hydrogens (tertiary/aromatic N) is 4. The second kappa shape index (κ2) is 8.59. The van der Waals surface area contributed by atoms with Crippen molar-refractivity contribution in [3.05, 3.63) is 47.9 Å². The Balaban J connectivity index is 1.34. The third-order valence-electron chi connectivity index (χ3n) is 5.63. The van der Waals surface area contributed by atoms with Crippen molar-refractivity contribution < 1.29 is 9.59 Å². The van der Waals surface area contributed by atoms with E-state index in [1.807, 2.05) is 37.3 Å². The van der Waals surface area contributed by atoms with Gasteiger partial charge in [-0.25, -0.2) is 9.97 Å². The zero-order valence-electron chi connectivity index (χ0n) is 16.8. The minimum absolute atomic E-state index is 0.0163. The summed E-state index contributed by atoms with van der Waals surface area (Å²) in [7, 11) is 0. The lowest BCUT2D eigenvalue weighted by molar-refractivity contribution is -0.126. The van der Waals surface area contributed by atoms with Gasteiger partial charge in [-0.15, -0.1) is 0 Å². The monoisotopic (exact) mass is 393 g/mol. The van der Waals surface area contributed by atoms with Crippen molar-refractivity contribution in [2.24, 2.45) is 5.92 Å². The average Bonchev–Trinajstić information content (AvgIpc) is 3.15. The van der Waals surface area contributed by atoms with Gasteiger partial charge in [-0.3, -0.25) is 9.59 Å². The second-order valence-corrected chi connectivity index (χ2v) is 7.84. The summed E-state index contributed by atoms with van der Waals surface area (Å²) < 4.78 is 0. The van der Waals surface area contributed by atoms with Gasteiger partial charge in [0.15, 0.2) is 0 Å². The number of aryl methyl sites for hydroxylation is 1. The summed E-state index contributed by atoms with van der Waals surface area (Å²) >= 11 is 0. The van der Waals surface area contributed by atoms with Crippen LogP contribution in [0.5, 0.6) is 0 Å². The molecule has 152 valence electrons. The molecule has 0 saturated carbocycles. The molecule has 1 atom stereocenters. The summed E-state index contributed by atoms with van der Waals surface area (Å²) in [5, 5.41) is 2.91. The molecule has 2 amide bonds. The van der Waals surface area contributed by atoms with Gasteiger partial charge in [-0.1, -0.05) is 17.7 Å². The van der Waals surface area contributed by atoms with Gasteiger partial charge in [0.1, 0.15) is 11.6 Å². The fraction of sp³-hybridized carbons (Fsp3) is 0.455. The normalized spacial score (nSPS) is 19.5. The van der Waals surface area contributed by atoms with Crippen molar-refractivity contribution in [1.29, 1.82) is 0 Å². The van der Waals surface area contributed by atoms with Gasteiger partial charge in [0, 0.05) is 37.9 Å². The lowest BCUT2D eigenvalue weighted by Crippen LogP contribution is -2.33. The summed E-state index contributed by atoms with van der Waals surface area (Å²) in [6.45, 7) is 4.72. The van der Waals surface area contributed by atoms with E-state index in [1.165, 1.54) is 19.3 Å². The van der Waals surface area contributed by atoms with Crippen LogP contribution < -0.4 is 15.1 Å². The van der Waals surface area contributed by atoms with Gasteiger partial charge < -0.3 is 15.1 Å². The maximum Gasteiger partial charge on any atom is 0.227 e. The van der Waals surface area contributed by atoms with E-state index in [9.17, 15) is 9.59 Å². The first-order valence-corrected chi connectivity index (χ1v) is 10.3. The fourth-order valence-electron chi connectivity index (χ4n) is 3.94. The van der Waals surface area contributed by atoms with Crippen LogP contribution in [0.1, 0.15) is 37.1 Å². The number of carbonyl (C=O) groups excluding carboxylic acids is 2. The van der Waals surface area contributed by atoms with Crippen LogP contribution in [0.4, 0.5) is 11.5 Å². The third-order valence-corrected chi connectivity index (χ3v) is 5.63. The number of aromatic nitrogens is 2. The molecular weight excluding hydrogens is 366 g/mol. The summed E-state index contributed by atoms with van der Waals surface area (Å²) in [6.07, 6.45) is 5.61. The molecule has 2 aliphatic rings. The average molecular weight is 393 g/mol. The van der Waals surface area contributed by atoms with Crippen LogP contribution >= 0.6 is 0 Å². The Kier molecular flexibility index (Phi) is 5.74. The van der Waals surface area contributed by atoms with E-state index in [4.69, 9.17) is 0 Å². The van der Waals surface area contributed by atoms with Gasteiger partial charge >= 0.3 is 0 Å². The fourth-order valence-corrected chi connectivity index (χ4v) is 3.94. The minimum atomic E-state index is -0.353. The Labute approximate surface area is 171 Å². The van der Waals surface area contributed by atoms with Crippen molar-refractivity contribution in [3.63, 3.8) is 0 Å². The number of rotatable bonds is 5. The van der Waals surface area contributed by atoms with Crippen molar-refractivity contribution >= 4 is 23.3 Å². The number of anilines is 2. The number of piperidine rings is 1. The van der Waals surface area contributed by atoms with E-state index in [0.29, 0.717) is 12.4 Å². The van der Waals surface area contributed by atoms with Gasteiger partial charge in [0.2, 0.25) is 11.8 Å². The Morgan fingerprint density at radius 3 is 2.66 bits per heavy atom. The highest BCUT2D eigenvalue weighted by molar-refractivity contribution is 6.00. The van der Waals surface area contributed by atoms with E-state index in [2.05, 4.69) is 20.2 Å². The predicted octanol–water partition coefficient (Wildman–Crippen LogP) is 2.44. The van der Waals surface area contributed by atoms with E-state index < -0.39 is 0 Å². The van der Waals surface area contributed by atoms with Crippen LogP contribution in [-0.4, -0.2) is 41.4 Å². The summed E-state index contributed by atoms with van der Waals surface area (Å²) in [5.74, 6) is 1.03. The SMILES string of the molecule is Cc1ccc(N2CC(C(=O)NCc3nccc(N4CCCCC4)n3)CC2=O)cc1. The van der Waals surface area contributed by atoms with Crippen LogP contribution in [-0.2, 0) is 16.1 Å². The van der Waals surface area contributed by atoms with Crippen molar-refractivity contribution in [2.75, 3.05) is 29.4 Å². The molecule has 1 aromatic carbocycles. The number of nitrogens with one attached hydrogen (secondary N) is 1. The van der Waals surface area contributed by atoms with Crippen molar-refractivity contribution in [3.8, 4) is 0 Å². The maximum atomic E-state index is 12.6. The topological polar surface area (TPSA) is 78.4 Å². The molecule has 7 nitrogen and oxygen atoms in total. The van der Waals surface area contributed by atoms with E-state index in [-0.39, 0.29) is 30.7 Å². The largest absolute Gasteiger partial charge is 0.357 e. The number of amides is 2. The molecule has 4 rings (SSSR count). The zero-order valence-corrected chi connectivity index (χ0v) is 16.8. The molecule has 7 heteroatoms. The first-order valence-electron chi connectivity index (χ1n) is 10.3. The lowest BCUT2D eigenvalue weighted by atomic mass is 10.1. The Morgan fingerprint density at radius 2 is 1.90 bits per heavy atom. The molecule has 0 radical (unpaired) electrons. The first-order chi connectivity index (χ1) is 14.1. The number of carbonyl (C=O) groups is 2. The Bertz CT molecular complexity index is 877. The molecular formula is C22H27N5O2. The van der Waals surface area contributed by atoms with Crippen LogP contribution in [0.2, 0.25) is 0 Å². The van der Waals surface area contributed by atoms with Crippen LogP contribution in [0, 0.1) is 12.8 Å². The van der Waals surface area contributed by atoms with Gasteiger partial charge in [0.05, 0.1) is 12.5 Å². The molecule has 0 spiro atoms. The molecule has 3 heterocycles. The van der Waals surface area contributed by atoms with Crippen LogP contribution in [0.15, 0.2) is 36.5 Å². The van der Waals surface area contributed by atoms with Crippen LogP contribution in [0.25, 0.3) is 0 Å². The number of benzene rings is 1. The number of hydrogen-bond donors (Lipinski definition) is 1. The lowest BCUT2D eigenvalue weighted by Gasteiger charge is -2.27. The van der Waals surface area contributed by atoms with Crippen LogP contribution in [0.3, 0.4) is 0 Å². The van der Waals surface area contributed by atoms with Gasteiger partial charge in [-0.05, 0) is 44.4 Å². The smallest absolute Gasteiger partial charge is 0.227 e. The standard InChI is InChI=1S/C22H27N5O2/c1-16-5-7-18(8-6-16)27-15-17(13-21(27)28)22(29)24-14-19-23-10-9-20(25-19)26-11-3-2-4-12-26/h5-10,17H,2-4,11-15H2,1H3,(H,24,29). The highest BCUT2D eigenvalue weighted by Gasteiger charge is 2.35. The molecule has 2 aliphatic heterocycles. The van der Waals surface area contributed by atoms with E-state index in [1.54, 1.807) is 11.1 Å². The molecule has 0 bridgehead atoms. The van der Waals surface area contributed by atoms with E-state index >= 15 is 0 Å². The molecule has 1 aromatic heterocycles. The predicted molar refractivity (Wildman–Crippen MR) is 112 cm³/mol. The summed E-state index contributed by atoms with van der Waals surface area (Å²) in [6, 6.07) is 9.72. The summed E-state index contributed by atoms with van der Waals surface area (Å²) in [4.78, 5) is 37.9. The maximum absolute atomic E-state index is 12.6. The zero-order chi connectivity index (χ0) is 20.2. The van der Waals surface area contributed by atoms with E-state index in [0.717, 1.165) is 30.2 Å². The highest BCUT2D eigenvalue weighted by Crippen LogP contribution is 2.25. The summed E-state index contributed by atoms with van der Waals surface area (Å²) in [5.41, 5.74) is 1.98. The molecule has 2 fully saturated rings. The molecule has 1 N–H and O–H groups in total. The molecule has 29 heavy (non-hydrogen) atoms. The molecule has 1 unspecified atom stereocenters. The second-order valence-electron chi connectivity index (χ2n) is 7.84. The number of hydrogen-bond acceptors (Lipinski definition) is 5. The first kappa shape index (κ1) is 19.4.